The summed E-state index contributed by atoms with van der Waals surface area (Å²) in [7, 11) is 1.41. The van der Waals surface area contributed by atoms with Gasteiger partial charge in [0, 0.05) is 31.8 Å². The number of rotatable bonds is 8. The van der Waals surface area contributed by atoms with Gasteiger partial charge < -0.3 is 19.7 Å². The SMILES string of the molecule is CCNC(=NCc1cccc(S(N)(=O)=O)c1)N(C)Cc1ccc(OC)cc1OC. The van der Waals surface area contributed by atoms with Crippen molar-refractivity contribution >= 4 is 16.0 Å². The zero-order valence-electron chi connectivity index (χ0n) is 17.2. The molecule has 0 spiro atoms. The fraction of sp³-hybridized carbons (Fsp3) is 0.350. The topological polar surface area (TPSA) is 106 Å². The van der Waals surface area contributed by atoms with Gasteiger partial charge in [0.25, 0.3) is 0 Å². The second-order valence-electron chi connectivity index (χ2n) is 6.40. The van der Waals surface area contributed by atoms with Gasteiger partial charge in [-0.1, -0.05) is 12.1 Å². The average Bonchev–Trinajstić information content (AvgIpc) is 2.70. The van der Waals surface area contributed by atoms with Gasteiger partial charge in [0.05, 0.1) is 25.7 Å². The normalized spacial score (nSPS) is 11.8. The monoisotopic (exact) mass is 420 g/mol. The molecule has 9 heteroatoms. The molecule has 158 valence electrons. The van der Waals surface area contributed by atoms with Crippen molar-refractivity contribution in [1.29, 1.82) is 0 Å². The van der Waals surface area contributed by atoms with Gasteiger partial charge in [0.1, 0.15) is 11.5 Å². The number of hydrogen-bond donors (Lipinski definition) is 2. The first-order chi connectivity index (χ1) is 13.8. The molecule has 0 amide bonds. The molecule has 0 heterocycles. The molecule has 2 aromatic rings. The number of ether oxygens (including phenoxy) is 2. The Morgan fingerprint density at radius 2 is 1.93 bits per heavy atom. The van der Waals surface area contributed by atoms with Crippen molar-refractivity contribution in [3.63, 3.8) is 0 Å². The molecule has 29 heavy (non-hydrogen) atoms. The molecule has 0 aliphatic heterocycles. The summed E-state index contributed by atoms with van der Waals surface area (Å²) in [6.45, 7) is 3.56. The van der Waals surface area contributed by atoms with Gasteiger partial charge >= 0.3 is 0 Å². The fourth-order valence-electron chi connectivity index (χ4n) is 2.77. The lowest BCUT2D eigenvalue weighted by Gasteiger charge is -2.23. The highest BCUT2D eigenvalue weighted by Crippen LogP contribution is 2.25. The largest absolute Gasteiger partial charge is 0.497 e. The third kappa shape index (κ3) is 6.37. The fourth-order valence-corrected chi connectivity index (χ4v) is 3.35. The zero-order valence-corrected chi connectivity index (χ0v) is 18.0. The molecule has 8 nitrogen and oxygen atoms in total. The molecule has 0 fully saturated rings. The van der Waals surface area contributed by atoms with Crippen LogP contribution in [0.1, 0.15) is 18.1 Å². The van der Waals surface area contributed by atoms with Crippen LogP contribution in [0.25, 0.3) is 0 Å². The number of nitrogens with one attached hydrogen (secondary N) is 1. The molecule has 3 N–H and O–H groups in total. The van der Waals surface area contributed by atoms with E-state index >= 15 is 0 Å². The van der Waals surface area contributed by atoms with Crippen LogP contribution in [-0.4, -0.2) is 47.1 Å². The summed E-state index contributed by atoms with van der Waals surface area (Å²) >= 11 is 0. The number of benzene rings is 2. The molecular formula is C20H28N4O4S. The Morgan fingerprint density at radius 1 is 1.17 bits per heavy atom. The van der Waals surface area contributed by atoms with Crippen LogP contribution in [0.5, 0.6) is 11.5 Å². The van der Waals surface area contributed by atoms with E-state index in [0.717, 1.165) is 22.6 Å². The Hall–Kier alpha value is -2.78. The van der Waals surface area contributed by atoms with Gasteiger partial charge in [-0.05, 0) is 36.8 Å². The van der Waals surface area contributed by atoms with Gasteiger partial charge in [0.15, 0.2) is 5.96 Å². The summed E-state index contributed by atoms with van der Waals surface area (Å²) in [5.41, 5.74) is 1.74. The maximum atomic E-state index is 11.5. The molecule has 2 aromatic carbocycles. The molecule has 0 unspecified atom stereocenters. The predicted octanol–water partition coefficient (Wildman–Crippen LogP) is 1.95. The Bertz CT molecular complexity index is 961. The van der Waals surface area contributed by atoms with Crippen LogP contribution >= 0.6 is 0 Å². The highest BCUT2D eigenvalue weighted by molar-refractivity contribution is 7.89. The van der Waals surface area contributed by atoms with Crippen LogP contribution in [0, 0.1) is 0 Å². The minimum atomic E-state index is -3.74. The third-order valence-corrected chi connectivity index (χ3v) is 5.15. The standard InChI is InChI=1S/C20H28N4O4S/c1-5-22-20(23-13-15-7-6-8-18(11-15)29(21,25)26)24(2)14-16-9-10-17(27-3)12-19(16)28-4/h6-12H,5,13-14H2,1-4H3,(H,22,23)(H2,21,25,26). The minimum Gasteiger partial charge on any atom is -0.497 e. The summed E-state index contributed by atoms with van der Waals surface area (Å²) in [4.78, 5) is 6.67. The minimum absolute atomic E-state index is 0.0755. The van der Waals surface area contributed by atoms with Crippen molar-refractivity contribution in [2.45, 2.75) is 24.9 Å². The Kier molecular flexibility index (Phi) is 7.86. The van der Waals surface area contributed by atoms with Crippen LogP contribution in [-0.2, 0) is 23.1 Å². The van der Waals surface area contributed by atoms with Crippen LogP contribution in [0.3, 0.4) is 0 Å². The van der Waals surface area contributed by atoms with E-state index in [0.29, 0.717) is 25.6 Å². The van der Waals surface area contributed by atoms with E-state index in [-0.39, 0.29) is 4.90 Å². The Labute approximate surface area is 172 Å². The summed E-state index contributed by atoms with van der Waals surface area (Å²) in [6.07, 6.45) is 0. The van der Waals surface area contributed by atoms with Crippen molar-refractivity contribution in [2.24, 2.45) is 10.1 Å². The average molecular weight is 421 g/mol. The van der Waals surface area contributed by atoms with Crippen molar-refractivity contribution in [2.75, 3.05) is 27.8 Å². The Morgan fingerprint density at radius 3 is 2.55 bits per heavy atom. The van der Waals surface area contributed by atoms with Gasteiger partial charge in [0.2, 0.25) is 10.0 Å². The van der Waals surface area contributed by atoms with E-state index in [1.165, 1.54) is 12.1 Å². The van der Waals surface area contributed by atoms with E-state index in [4.69, 9.17) is 14.6 Å². The van der Waals surface area contributed by atoms with Crippen LogP contribution < -0.4 is 19.9 Å². The smallest absolute Gasteiger partial charge is 0.238 e. The number of hydrogen-bond acceptors (Lipinski definition) is 5. The highest BCUT2D eigenvalue weighted by Gasteiger charge is 2.12. The first kappa shape index (κ1) is 22.5. The summed E-state index contributed by atoms with van der Waals surface area (Å²) in [5, 5.41) is 8.45. The van der Waals surface area contributed by atoms with Crippen molar-refractivity contribution in [3.8, 4) is 11.5 Å². The maximum Gasteiger partial charge on any atom is 0.238 e. The molecule has 0 bridgehead atoms. The quantitative estimate of drug-likeness (QED) is 0.499. The number of primary sulfonamides is 1. The van der Waals surface area contributed by atoms with Gasteiger partial charge in [-0.15, -0.1) is 0 Å². The molecule has 0 aromatic heterocycles. The van der Waals surface area contributed by atoms with Crippen molar-refractivity contribution < 1.29 is 17.9 Å². The number of aliphatic imine (C=N–C) groups is 1. The Balaban J connectivity index is 2.20. The first-order valence-electron chi connectivity index (χ1n) is 9.10. The molecule has 0 aliphatic carbocycles. The van der Waals surface area contributed by atoms with Crippen LogP contribution in [0.15, 0.2) is 52.4 Å². The molecule has 0 aliphatic rings. The zero-order chi connectivity index (χ0) is 21.4. The van der Waals surface area contributed by atoms with E-state index in [9.17, 15) is 8.42 Å². The van der Waals surface area contributed by atoms with Crippen LogP contribution in [0.4, 0.5) is 0 Å². The number of nitrogens with zero attached hydrogens (tertiary/aromatic N) is 2. The lowest BCUT2D eigenvalue weighted by molar-refractivity contribution is 0.382. The lowest BCUT2D eigenvalue weighted by atomic mass is 10.2. The number of guanidine groups is 1. The van der Waals surface area contributed by atoms with Crippen molar-refractivity contribution in [3.05, 3.63) is 53.6 Å². The first-order valence-corrected chi connectivity index (χ1v) is 10.6. The highest BCUT2D eigenvalue weighted by atomic mass is 32.2. The van der Waals surface area contributed by atoms with Crippen molar-refractivity contribution in [1.82, 2.24) is 10.2 Å². The summed E-state index contributed by atoms with van der Waals surface area (Å²) in [5.74, 6) is 2.14. The van der Waals surface area contributed by atoms with Gasteiger partial charge in [-0.2, -0.15) is 0 Å². The number of nitrogens with two attached hydrogens (primary N) is 1. The second kappa shape index (κ2) is 10.1. The summed E-state index contributed by atoms with van der Waals surface area (Å²) in [6, 6.07) is 12.1. The third-order valence-electron chi connectivity index (χ3n) is 4.24. The molecule has 0 saturated heterocycles. The van der Waals surface area contributed by atoms with E-state index in [2.05, 4.69) is 10.3 Å². The molecule has 0 atom stereocenters. The van der Waals surface area contributed by atoms with Gasteiger partial charge in [-0.3, -0.25) is 0 Å². The molecule has 0 saturated carbocycles. The summed E-state index contributed by atoms with van der Waals surface area (Å²) < 4.78 is 33.8. The van der Waals surface area contributed by atoms with Gasteiger partial charge in [-0.25, -0.2) is 18.5 Å². The maximum absolute atomic E-state index is 11.5. The van der Waals surface area contributed by atoms with E-state index in [1.807, 2.05) is 43.1 Å². The molecule has 2 rings (SSSR count). The second-order valence-corrected chi connectivity index (χ2v) is 7.96. The predicted molar refractivity (Wildman–Crippen MR) is 114 cm³/mol. The van der Waals surface area contributed by atoms with Crippen LogP contribution in [0.2, 0.25) is 0 Å². The lowest BCUT2D eigenvalue weighted by Crippen LogP contribution is -2.38. The van der Waals surface area contributed by atoms with E-state index < -0.39 is 10.0 Å². The number of sulfonamides is 1. The molecule has 0 radical (unpaired) electrons. The number of methoxy groups -OCH3 is 2. The molecular weight excluding hydrogens is 392 g/mol. The van der Waals surface area contributed by atoms with E-state index in [1.54, 1.807) is 20.3 Å².